The largest absolute Gasteiger partial charge is 0.493 e. The van der Waals surface area contributed by atoms with Crippen molar-refractivity contribution in [3.8, 4) is 11.5 Å². The van der Waals surface area contributed by atoms with Crippen molar-refractivity contribution in [2.75, 3.05) is 27.4 Å². The molecule has 1 N–H and O–H groups in total. The zero-order valence-electron chi connectivity index (χ0n) is 16.4. The highest BCUT2D eigenvalue weighted by atomic mass is 19.1. The van der Waals surface area contributed by atoms with E-state index in [9.17, 15) is 14.0 Å². The maximum absolute atomic E-state index is 13.0. The van der Waals surface area contributed by atoms with Crippen molar-refractivity contribution >= 4 is 11.9 Å². The molecule has 2 atom stereocenters. The number of hydrogen-bond acceptors (Lipinski definition) is 5. The first kappa shape index (κ1) is 20.6. The molecule has 2 aromatic carbocycles. The average molecular weight is 401 g/mol. The molecule has 0 heterocycles. The molecule has 1 saturated carbocycles. The van der Waals surface area contributed by atoms with E-state index in [4.69, 9.17) is 14.2 Å². The Hall–Kier alpha value is -3.09. The molecule has 1 aliphatic rings. The molecule has 29 heavy (non-hydrogen) atoms. The molecule has 1 amide bonds. The number of carbonyl (C=O) groups excluding carboxylic acids is 2. The highest BCUT2D eigenvalue weighted by Gasteiger charge is 2.45. The van der Waals surface area contributed by atoms with Crippen molar-refractivity contribution in [3.63, 3.8) is 0 Å². The van der Waals surface area contributed by atoms with Crippen molar-refractivity contribution in [1.82, 2.24) is 5.32 Å². The maximum Gasteiger partial charge on any atom is 0.310 e. The van der Waals surface area contributed by atoms with E-state index >= 15 is 0 Å². The lowest BCUT2D eigenvalue weighted by Crippen LogP contribution is -2.30. The molecule has 1 fully saturated rings. The second-order valence-corrected chi connectivity index (χ2v) is 6.90. The van der Waals surface area contributed by atoms with Crippen LogP contribution in [0.5, 0.6) is 11.5 Å². The van der Waals surface area contributed by atoms with Gasteiger partial charge in [-0.3, -0.25) is 9.59 Å². The van der Waals surface area contributed by atoms with Crippen LogP contribution in [0.25, 0.3) is 0 Å². The van der Waals surface area contributed by atoms with Gasteiger partial charge in [0.05, 0.1) is 20.1 Å². The predicted octanol–water partition coefficient (Wildman–Crippen LogP) is 2.85. The number of benzene rings is 2. The van der Waals surface area contributed by atoms with Crippen LogP contribution in [-0.4, -0.2) is 39.2 Å². The zero-order valence-corrected chi connectivity index (χ0v) is 16.4. The topological polar surface area (TPSA) is 73.9 Å². The summed E-state index contributed by atoms with van der Waals surface area (Å²) >= 11 is 0. The number of hydrogen-bond donors (Lipinski definition) is 1. The lowest BCUT2D eigenvalue weighted by atomic mass is 10.1. The van der Waals surface area contributed by atoms with Crippen molar-refractivity contribution in [2.45, 2.75) is 18.8 Å². The van der Waals surface area contributed by atoms with Gasteiger partial charge in [-0.05, 0) is 54.2 Å². The lowest BCUT2D eigenvalue weighted by molar-refractivity contribution is -0.149. The fourth-order valence-electron chi connectivity index (χ4n) is 3.21. The van der Waals surface area contributed by atoms with Crippen molar-refractivity contribution in [3.05, 3.63) is 59.4 Å². The molecule has 7 heteroatoms. The van der Waals surface area contributed by atoms with Gasteiger partial charge >= 0.3 is 5.97 Å². The Bertz CT molecular complexity index is 868. The van der Waals surface area contributed by atoms with Gasteiger partial charge in [0.2, 0.25) is 0 Å². The summed E-state index contributed by atoms with van der Waals surface area (Å²) in [4.78, 5) is 24.0. The van der Waals surface area contributed by atoms with E-state index in [1.807, 2.05) is 18.2 Å². The van der Waals surface area contributed by atoms with E-state index in [0.717, 1.165) is 11.1 Å². The average Bonchev–Trinajstić information content (AvgIpc) is 3.53. The number of nitrogens with one attached hydrogen (secondary N) is 1. The van der Waals surface area contributed by atoms with Crippen LogP contribution >= 0.6 is 0 Å². The van der Waals surface area contributed by atoms with E-state index < -0.39 is 5.97 Å². The molecule has 0 saturated heterocycles. The van der Waals surface area contributed by atoms with Gasteiger partial charge in [-0.1, -0.05) is 18.2 Å². The molecule has 0 aliphatic heterocycles. The molecule has 0 bridgehead atoms. The summed E-state index contributed by atoms with van der Waals surface area (Å²) < 4.78 is 28.5. The van der Waals surface area contributed by atoms with Gasteiger partial charge in [0.15, 0.2) is 18.1 Å². The van der Waals surface area contributed by atoms with Crippen LogP contribution in [-0.2, 0) is 20.7 Å². The van der Waals surface area contributed by atoms with Crippen molar-refractivity contribution in [2.24, 2.45) is 5.92 Å². The normalized spacial score (nSPS) is 17.3. The molecule has 2 aromatic rings. The van der Waals surface area contributed by atoms with E-state index in [-0.39, 0.29) is 30.2 Å². The van der Waals surface area contributed by atoms with Crippen LogP contribution in [0.3, 0.4) is 0 Å². The number of halogens is 1. The molecule has 1 aliphatic carbocycles. The Morgan fingerprint density at radius 3 is 2.48 bits per heavy atom. The summed E-state index contributed by atoms with van der Waals surface area (Å²) in [5.74, 6) is -0.00157. The van der Waals surface area contributed by atoms with Crippen molar-refractivity contribution in [1.29, 1.82) is 0 Å². The summed E-state index contributed by atoms with van der Waals surface area (Å²) in [5.41, 5.74) is 1.90. The number of carbonyl (C=O) groups is 2. The van der Waals surface area contributed by atoms with Gasteiger partial charge in [0.25, 0.3) is 5.91 Å². The first-order chi connectivity index (χ1) is 14.0. The van der Waals surface area contributed by atoms with Gasteiger partial charge in [0, 0.05) is 6.54 Å². The SMILES string of the molecule is COc1ccc(CCNC(=O)COC(=O)C2CC2c2ccc(F)cc2)cc1OC. The van der Waals surface area contributed by atoms with E-state index in [0.29, 0.717) is 30.9 Å². The van der Waals surface area contributed by atoms with Crippen LogP contribution < -0.4 is 14.8 Å². The monoisotopic (exact) mass is 401 g/mol. The Morgan fingerprint density at radius 1 is 1.07 bits per heavy atom. The summed E-state index contributed by atoms with van der Waals surface area (Å²) in [6.07, 6.45) is 1.26. The van der Waals surface area contributed by atoms with E-state index in [2.05, 4.69) is 5.32 Å². The van der Waals surface area contributed by atoms with Gasteiger partial charge in [0.1, 0.15) is 5.82 Å². The Labute approximate surface area is 169 Å². The molecular weight excluding hydrogens is 377 g/mol. The van der Waals surface area contributed by atoms with E-state index in [1.165, 1.54) is 12.1 Å². The van der Waals surface area contributed by atoms with Crippen LogP contribution in [0.2, 0.25) is 0 Å². The number of rotatable bonds is 9. The van der Waals surface area contributed by atoms with Crippen LogP contribution in [0, 0.1) is 11.7 Å². The minimum atomic E-state index is -0.394. The summed E-state index contributed by atoms with van der Waals surface area (Å²) in [7, 11) is 3.14. The third kappa shape index (κ3) is 5.47. The van der Waals surface area contributed by atoms with Gasteiger partial charge in [-0.25, -0.2) is 4.39 Å². The van der Waals surface area contributed by atoms with Crippen LogP contribution in [0.1, 0.15) is 23.5 Å². The number of methoxy groups -OCH3 is 2. The molecule has 2 unspecified atom stereocenters. The quantitative estimate of drug-likeness (QED) is 0.654. The molecule has 0 spiro atoms. The highest BCUT2D eigenvalue weighted by molar-refractivity contribution is 5.83. The summed E-state index contributed by atoms with van der Waals surface area (Å²) in [5, 5.41) is 2.73. The highest BCUT2D eigenvalue weighted by Crippen LogP contribution is 2.48. The van der Waals surface area contributed by atoms with Crippen molar-refractivity contribution < 1.29 is 28.2 Å². The molecular formula is C22H24FNO5. The Balaban J connectivity index is 1.37. The second-order valence-electron chi connectivity index (χ2n) is 6.90. The number of ether oxygens (including phenoxy) is 3. The second kappa shape index (κ2) is 9.41. The standard InChI is InChI=1S/C22H24FNO5/c1-27-19-8-3-14(11-20(19)28-2)9-10-24-21(25)13-29-22(26)18-12-17(18)15-4-6-16(23)7-5-15/h3-8,11,17-18H,9-10,12-13H2,1-2H3,(H,24,25). The minimum absolute atomic E-state index is 0.0382. The molecule has 6 nitrogen and oxygen atoms in total. The third-order valence-electron chi connectivity index (χ3n) is 4.92. The number of esters is 1. The first-order valence-corrected chi connectivity index (χ1v) is 9.41. The Kier molecular flexibility index (Phi) is 6.69. The third-order valence-corrected chi connectivity index (χ3v) is 4.92. The smallest absolute Gasteiger partial charge is 0.310 e. The molecule has 154 valence electrons. The maximum atomic E-state index is 13.0. The Morgan fingerprint density at radius 2 is 1.79 bits per heavy atom. The number of amides is 1. The summed E-state index contributed by atoms with van der Waals surface area (Å²) in [6, 6.07) is 11.7. The van der Waals surface area contributed by atoms with Gasteiger partial charge in [-0.15, -0.1) is 0 Å². The fourth-order valence-corrected chi connectivity index (χ4v) is 3.21. The summed E-state index contributed by atoms with van der Waals surface area (Å²) in [6.45, 7) is 0.102. The van der Waals surface area contributed by atoms with Crippen LogP contribution in [0.4, 0.5) is 4.39 Å². The lowest BCUT2D eigenvalue weighted by Gasteiger charge is -2.10. The van der Waals surface area contributed by atoms with Gasteiger partial charge < -0.3 is 19.5 Å². The molecule has 0 aromatic heterocycles. The fraction of sp³-hybridized carbons (Fsp3) is 0.364. The molecule has 0 radical (unpaired) electrons. The molecule has 3 rings (SSSR count). The van der Waals surface area contributed by atoms with Gasteiger partial charge in [-0.2, -0.15) is 0 Å². The van der Waals surface area contributed by atoms with Crippen LogP contribution in [0.15, 0.2) is 42.5 Å². The first-order valence-electron chi connectivity index (χ1n) is 9.41. The van der Waals surface area contributed by atoms with E-state index in [1.54, 1.807) is 26.4 Å². The predicted molar refractivity (Wildman–Crippen MR) is 104 cm³/mol. The minimum Gasteiger partial charge on any atom is -0.493 e. The zero-order chi connectivity index (χ0) is 20.8.